The van der Waals surface area contributed by atoms with E-state index in [-0.39, 0.29) is 22.4 Å². The number of H-pyrrole nitrogens is 1. The van der Waals surface area contributed by atoms with Crippen LogP contribution in [-0.2, 0) is 31.6 Å². The van der Waals surface area contributed by atoms with Gasteiger partial charge in [-0.2, -0.15) is 8.62 Å². The number of ether oxygens (including phenoxy) is 1. The number of benzene rings is 1. The average molecular weight is 745 g/mol. The molecule has 47 heavy (non-hydrogen) atoms. The van der Waals surface area contributed by atoms with Crippen molar-refractivity contribution in [2.45, 2.75) is 24.5 Å². The van der Waals surface area contributed by atoms with Crippen molar-refractivity contribution in [3.05, 3.63) is 77.3 Å². The van der Waals surface area contributed by atoms with Gasteiger partial charge >= 0.3 is 29.2 Å². The largest absolute Gasteiger partial charge is 0.490 e. The summed E-state index contributed by atoms with van der Waals surface area (Å²) >= 11 is 5.10. The molecule has 28 heteroatoms. The highest BCUT2D eigenvalue weighted by molar-refractivity contribution is 7.71. The minimum Gasteiger partial charge on any atom is -0.387 e. The van der Waals surface area contributed by atoms with Crippen LogP contribution in [0.5, 0.6) is 0 Å². The maximum atomic E-state index is 12.6. The third kappa shape index (κ3) is 10.5. The summed E-state index contributed by atoms with van der Waals surface area (Å²) in [6.45, 7) is -1.37. The number of hydrogen-bond donors (Lipinski definition) is 8. The Morgan fingerprint density at radius 1 is 1.21 bits per heavy atom. The van der Waals surface area contributed by atoms with Gasteiger partial charge in [-0.1, -0.05) is 29.5 Å². The number of rotatable bonds is 14. The van der Waals surface area contributed by atoms with Crippen LogP contribution in [0.15, 0.2) is 40.4 Å². The molecule has 1 aliphatic heterocycles. The fourth-order valence-electron chi connectivity index (χ4n) is 3.79. The molecule has 1 fully saturated rings. The Kier molecular flexibility index (Phi) is 12.3. The van der Waals surface area contributed by atoms with Crippen LogP contribution in [0.1, 0.15) is 22.1 Å². The molecule has 8 N–H and O–H groups in total. The first kappa shape index (κ1) is 38.0. The summed E-state index contributed by atoms with van der Waals surface area (Å²) in [7, 11) is -17.1. The molecule has 1 amide bonds. The van der Waals surface area contributed by atoms with Gasteiger partial charge in [-0.25, -0.2) is 18.5 Å². The van der Waals surface area contributed by atoms with Crippen LogP contribution >= 0.6 is 35.7 Å². The van der Waals surface area contributed by atoms with E-state index in [1.165, 1.54) is 12.2 Å². The number of nitro benzene ring substituents is 1. The number of aromatic nitrogens is 2. The molecule has 0 saturated carbocycles. The number of aliphatic hydroxyl groups excluding tert-OH is 2. The number of amides is 1. The summed E-state index contributed by atoms with van der Waals surface area (Å²) < 4.78 is 51.7. The number of carbonyl (C=O) groups excluding carboxylic acids is 1. The van der Waals surface area contributed by atoms with E-state index in [0.717, 1.165) is 29.0 Å². The highest BCUT2D eigenvalue weighted by Crippen LogP contribution is 2.66. The van der Waals surface area contributed by atoms with Gasteiger partial charge in [-0.3, -0.25) is 29.0 Å². The summed E-state index contributed by atoms with van der Waals surface area (Å²) in [6.07, 6.45) is -3.48. The molecule has 0 spiro atoms. The normalized spacial score (nSPS) is 22.3. The molecule has 1 aliphatic rings. The first-order chi connectivity index (χ1) is 21.7. The van der Waals surface area contributed by atoms with Crippen LogP contribution in [0.4, 0.5) is 11.4 Å². The number of nitro groups is 1. The minimum absolute atomic E-state index is 0.0509. The molecule has 1 aromatic carbocycles. The molecule has 2 aromatic rings. The summed E-state index contributed by atoms with van der Waals surface area (Å²) in [4.78, 5) is 76.5. The number of phosphoric ester groups is 1. The van der Waals surface area contributed by atoms with Crippen molar-refractivity contribution in [2.75, 3.05) is 13.2 Å². The van der Waals surface area contributed by atoms with Gasteiger partial charge in [0.2, 0.25) is 0 Å². The van der Waals surface area contributed by atoms with Crippen molar-refractivity contribution in [3.63, 3.8) is 0 Å². The second kappa shape index (κ2) is 15.2. The Hall–Kier alpha value is -3.47. The van der Waals surface area contributed by atoms with Crippen molar-refractivity contribution in [1.82, 2.24) is 14.9 Å². The topological polar surface area (TPSA) is 368 Å². The van der Waals surface area contributed by atoms with Crippen LogP contribution in [0.25, 0.3) is 16.5 Å². The number of phosphoric acid groups is 3. The molecule has 256 valence electrons. The van der Waals surface area contributed by atoms with Crippen molar-refractivity contribution < 1.29 is 71.1 Å². The van der Waals surface area contributed by atoms with Crippen molar-refractivity contribution in [2.24, 2.45) is 5.11 Å². The van der Waals surface area contributed by atoms with Gasteiger partial charge in [0.25, 0.3) is 11.6 Å². The average Bonchev–Trinajstić information content (AvgIpc) is 3.21. The predicted octanol–water partition coefficient (Wildman–Crippen LogP) is 1.16. The second-order valence-electron chi connectivity index (χ2n) is 8.94. The maximum Gasteiger partial charge on any atom is 0.490 e. The lowest BCUT2D eigenvalue weighted by molar-refractivity contribution is -0.385. The zero-order chi connectivity index (χ0) is 35.3. The van der Waals surface area contributed by atoms with Crippen LogP contribution in [-0.4, -0.2) is 81.6 Å². The van der Waals surface area contributed by atoms with Crippen molar-refractivity contribution in [3.8, 4) is 0 Å². The van der Waals surface area contributed by atoms with Crippen molar-refractivity contribution >= 4 is 59.0 Å². The van der Waals surface area contributed by atoms with Gasteiger partial charge in [-0.15, -0.1) is 0 Å². The monoisotopic (exact) mass is 745 g/mol. The van der Waals surface area contributed by atoms with Crippen LogP contribution < -0.4 is 11.0 Å². The lowest BCUT2D eigenvalue weighted by Crippen LogP contribution is -2.36. The van der Waals surface area contributed by atoms with E-state index in [1.54, 1.807) is 0 Å². The number of hydrogen-bond acceptors (Lipinski definition) is 15. The first-order valence-electron chi connectivity index (χ1n) is 12.2. The molecular formula is C19H22N7O17P3S. The fraction of sp³-hybridized carbons (Fsp3) is 0.316. The summed E-state index contributed by atoms with van der Waals surface area (Å²) in [6, 6.07) is 3.15. The molecule has 2 unspecified atom stereocenters. The van der Waals surface area contributed by atoms with Gasteiger partial charge in [0.15, 0.2) is 6.23 Å². The van der Waals surface area contributed by atoms with Gasteiger partial charge in [0.05, 0.1) is 11.5 Å². The number of aromatic amines is 1. The van der Waals surface area contributed by atoms with Crippen LogP contribution in [0, 0.1) is 14.8 Å². The fourth-order valence-corrected chi connectivity index (χ4v) is 7.03. The molecule has 3 rings (SSSR count). The first-order valence-corrected chi connectivity index (χ1v) is 17.1. The molecule has 24 nitrogen and oxygen atoms in total. The number of azide groups is 1. The predicted molar refractivity (Wildman–Crippen MR) is 155 cm³/mol. The Morgan fingerprint density at radius 2 is 1.89 bits per heavy atom. The highest BCUT2D eigenvalue weighted by atomic mass is 32.1. The van der Waals surface area contributed by atoms with Gasteiger partial charge in [-0.05, 0) is 17.7 Å². The summed E-state index contributed by atoms with van der Waals surface area (Å²) in [5.41, 5.74) is 6.70. The zero-order valence-electron chi connectivity index (χ0n) is 22.8. The maximum absolute atomic E-state index is 12.6. The zero-order valence-corrected chi connectivity index (χ0v) is 26.3. The van der Waals surface area contributed by atoms with E-state index in [2.05, 4.69) is 33.5 Å². The third-order valence-electron chi connectivity index (χ3n) is 5.68. The number of carbonyl (C=O) groups is 1. The summed E-state index contributed by atoms with van der Waals surface area (Å²) in [5.74, 6) is -0.898. The number of nitrogens with zero attached hydrogens (tertiary/aromatic N) is 5. The molecule has 0 radical (unpaired) electrons. The lowest BCUT2D eigenvalue weighted by Gasteiger charge is -2.19. The van der Waals surface area contributed by atoms with E-state index in [0.29, 0.717) is 0 Å². The number of nitrogens with one attached hydrogen (secondary N) is 2. The standard InChI is InChI=1S/C19H22N7O17P3S/c20-24-23-10-3-4-12(26(31)32)11(6-10)16(29)21-5-1-2-9-7-25(19(30)22-17(9)47)18-15(28)14(27)13(41-18)8-40-45(36,37)43-46(38,39)42-44(33,34)35/h1-4,6-7,13-15,18,27-28H,5,8H2,(H,21,29)(H,36,37)(H,38,39)(H,22,30,47)(H2,33,34,35)/b2-1+/t13-,14-,15-,18-/m1/s1. The van der Waals surface area contributed by atoms with Crippen LogP contribution in [0.3, 0.4) is 0 Å². The number of aliphatic hydroxyl groups is 2. The van der Waals surface area contributed by atoms with Gasteiger partial charge in [0.1, 0.15) is 28.5 Å². The van der Waals surface area contributed by atoms with E-state index in [9.17, 15) is 53.4 Å². The van der Waals surface area contributed by atoms with E-state index >= 15 is 0 Å². The lowest BCUT2D eigenvalue weighted by atomic mass is 10.1. The third-order valence-corrected chi connectivity index (χ3v) is 9.82. The molecule has 1 aromatic heterocycles. The minimum atomic E-state index is -5.83. The Bertz CT molecular complexity index is 1890. The smallest absolute Gasteiger partial charge is 0.387 e. The molecule has 1 saturated heterocycles. The van der Waals surface area contributed by atoms with Crippen molar-refractivity contribution in [1.29, 1.82) is 0 Å². The molecule has 0 aliphatic carbocycles. The van der Waals surface area contributed by atoms with E-state index in [4.69, 9.17) is 32.3 Å². The van der Waals surface area contributed by atoms with E-state index < -0.39 is 82.4 Å². The van der Waals surface area contributed by atoms with Crippen LogP contribution in [0.2, 0.25) is 0 Å². The van der Waals surface area contributed by atoms with Gasteiger partial charge in [0, 0.05) is 35.0 Å². The second-order valence-corrected chi connectivity index (χ2v) is 13.8. The quantitative estimate of drug-likeness (QED) is 0.0256. The summed E-state index contributed by atoms with van der Waals surface area (Å²) in [5, 5.41) is 37.8. The SMILES string of the molecule is [N-]=[N+]=Nc1ccc([N+](=O)[O-])c(C(=O)NC/C=C/c2cn([C@@H]3O[C@H](COP(=O)(O)OP(=O)(O)OP(=O)(O)O)[C@@H](O)[C@H]3O)c(=O)[nH]c2=S)c1. The van der Waals surface area contributed by atoms with Gasteiger partial charge < -0.3 is 39.8 Å². The Balaban J connectivity index is 1.71. The molecular weight excluding hydrogens is 723 g/mol. The Labute approximate surface area is 265 Å². The molecule has 0 bridgehead atoms. The molecule has 2 heterocycles. The molecule has 6 atom stereocenters. The van der Waals surface area contributed by atoms with E-state index in [1.807, 2.05) is 0 Å². The highest BCUT2D eigenvalue weighted by Gasteiger charge is 2.46. The Morgan fingerprint density at radius 3 is 2.51 bits per heavy atom.